The van der Waals surface area contributed by atoms with Gasteiger partial charge in [-0.05, 0) is 5.92 Å². The Morgan fingerprint density at radius 2 is 1.69 bits per heavy atom. The molecule has 5 atom stereocenters. The predicted octanol–water partition coefficient (Wildman–Crippen LogP) is -2.59. The first-order valence-corrected chi connectivity index (χ1v) is 10.8. The molecular formula is C15H27N3O9S2. The number of amides is 2. The molecule has 0 radical (unpaired) electrons. The number of carboxylic acids is 2. The summed E-state index contributed by atoms with van der Waals surface area (Å²) in [6.07, 6.45) is -0.635. The fraction of sp³-hybridized carbons (Fsp3) is 0.733. The number of thiol groups is 1. The molecule has 2 amide bonds. The molecule has 0 spiro atoms. The van der Waals surface area contributed by atoms with Crippen molar-refractivity contribution in [2.45, 2.75) is 56.5 Å². The zero-order valence-electron chi connectivity index (χ0n) is 16.0. The summed E-state index contributed by atoms with van der Waals surface area (Å²) in [6.45, 7) is 3.35. The quantitative estimate of drug-likeness (QED) is 0.126. The molecule has 0 unspecified atom stereocenters. The molecule has 0 aliphatic heterocycles. The molecule has 168 valence electrons. The van der Waals surface area contributed by atoms with Crippen LogP contribution in [0.3, 0.4) is 0 Å². The number of nitrogens with one attached hydrogen (secondary N) is 2. The van der Waals surface area contributed by atoms with Crippen molar-refractivity contribution in [1.82, 2.24) is 10.6 Å². The lowest BCUT2D eigenvalue weighted by atomic mass is 9.97. The van der Waals surface area contributed by atoms with E-state index in [0.29, 0.717) is 6.42 Å². The zero-order chi connectivity index (χ0) is 22.9. The highest BCUT2D eigenvalue weighted by atomic mass is 32.2. The van der Waals surface area contributed by atoms with E-state index in [2.05, 4.69) is 29.0 Å². The number of aliphatic carboxylic acids is 2. The molecular weight excluding hydrogens is 430 g/mol. The van der Waals surface area contributed by atoms with Gasteiger partial charge in [0, 0.05) is 12.2 Å². The maximum atomic E-state index is 12.5. The lowest BCUT2D eigenvalue weighted by Gasteiger charge is -2.27. The molecule has 14 heteroatoms. The number of carbonyl (C=O) groups is 4. The van der Waals surface area contributed by atoms with Crippen LogP contribution in [0.15, 0.2) is 0 Å². The van der Waals surface area contributed by atoms with Gasteiger partial charge in [-0.25, -0.2) is 13.2 Å². The molecule has 12 nitrogen and oxygen atoms in total. The summed E-state index contributed by atoms with van der Waals surface area (Å²) in [6, 6.07) is -3.71. The van der Waals surface area contributed by atoms with Crippen molar-refractivity contribution in [3.05, 3.63) is 0 Å². The van der Waals surface area contributed by atoms with E-state index >= 15 is 0 Å². The lowest BCUT2D eigenvalue weighted by molar-refractivity contribution is -0.416. The Morgan fingerprint density at radius 3 is 2.10 bits per heavy atom. The average Bonchev–Trinajstić information content (AvgIpc) is 2.60. The Kier molecular flexibility index (Phi) is 11.2. The van der Waals surface area contributed by atoms with Crippen LogP contribution in [0.2, 0.25) is 0 Å². The molecule has 0 aromatic carbocycles. The minimum absolute atomic E-state index is 0.215. The van der Waals surface area contributed by atoms with E-state index in [9.17, 15) is 32.1 Å². The monoisotopic (exact) mass is 457 g/mol. The van der Waals surface area contributed by atoms with Crippen molar-refractivity contribution in [3.8, 4) is 0 Å². The Labute approximate surface area is 173 Å². The zero-order valence-corrected chi connectivity index (χ0v) is 17.7. The van der Waals surface area contributed by atoms with Gasteiger partial charge in [0.1, 0.15) is 23.4 Å². The van der Waals surface area contributed by atoms with Gasteiger partial charge in [0.15, 0.2) is 0 Å². The van der Waals surface area contributed by atoms with E-state index in [-0.39, 0.29) is 6.42 Å². The minimum Gasteiger partial charge on any atom is -0.748 e. The second-order valence-corrected chi connectivity index (χ2v) is 8.70. The fourth-order valence-electron chi connectivity index (χ4n) is 2.24. The van der Waals surface area contributed by atoms with E-state index in [0.717, 1.165) is 0 Å². The molecule has 0 heterocycles. The number of carboxylic acid groups (broad SMARTS) is 2. The SMILES string of the molecule is CC[C@@H](C)[C@H](NC(=O)[C@H](S)[C@@H]([NH3+])CCS(=O)(=O)[O-])C(=O)N[C@@H](CC(=O)O)C(=O)O. The highest BCUT2D eigenvalue weighted by Gasteiger charge is 2.33. The summed E-state index contributed by atoms with van der Waals surface area (Å²) in [5.41, 5.74) is 3.60. The highest BCUT2D eigenvalue weighted by Crippen LogP contribution is 2.11. The van der Waals surface area contributed by atoms with Crippen molar-refractivity contribution in [3.63, 3.8) is 0 Å². The van der Waals surface area contributed by atoms with Gasteiger partial charge < -0.3 is 31.1 Å². The number of carbonyl (C=O) groups excluding carboxylic acids is 2. The van der Waals surface area contributed by atoms with Crippen LogP contribution in [0, 0.1) is 5.92 Å². The van der Waals surface area contributed by atoms with Gasteiger partial charge in [-0.3, -0.25) is 14.4 Å². The molecule has 0 bridgehead atoms. The number of hydrogen-bond donors (Lipinski definition) is 6. The largest absolute Gasteiger partial charge is 0.748 e. The Morgan fingerprint density at radius 1 is 1.14 bits per heavy atom. The number of hydrogen-bond acceptors (Lipinski definition) is 8. The summed E-state index contributed by atoms with van der Waals surface area (Å²) in [5, 5.41) is 21.2. The second-order valence-electron chi connectivity index (χ2n) is 6.62. The van der Waals surface area contributed by atoms with E-state index in [4.69, 9.17) is 10.2 Å². The van der Waals surface area contributed by atoms with Gasteiger partial charge in [-0.15, -0.1) is 0 Å². The van der Waals surface area contributed by atoms with Crippen LogP contribution in [0.5, 0.6) is 0 Å². The molecule has 0 aliphatic carbocycles. The van der Waals surface area contributed by atoms with E-state index in [1.165, 1.54) is 0 Å². The molecule has 0 aliphatic rings. The predicted molar refractivity (Wildman–Crippen MR) is 102 cm³/mol. The Hall–Kier alpha value is -1.90. The first kappa shape index (κ1) is 27.1. The normalized spacial score (nSPS) is 16.7. The van der Waals surface area contributed by atoms with Crippen LogP contribution >= 0.6 is 12.6 Å². The minimum atomic E-state index is -4.49. The lowest BCUT2D eigenvalue weighted by Crippen LogP contribution is -2.68. The third kappa shape index (κ3) is 10.4. The summed E-state index contributed by atoms with van der Waals surface area (Å²) < 4.78 is 32.1. The van der Waals surface area contributed by atoms with Gasteiger partial charge in [-0.1, -0.05) is 20.3 Å². The van der Waals surface area contributed by atoms with Crippen molar-refractivity contribution in [2.75, 3.05) is 5.75 Å². The third-order valence-corrected chi connectivity index (χ3v) is 5.63. The summed E-state index contributed by atoms with van der Waals surface area (Å²) in [4.78, 5) is 46.8. The van der Waals surface area contributed by atoms with Gasteiger partial charge in [0.2, 0.25) is 11.8 Å². The number of quaternary nitrogens is 1. The van der Waals surface area contributed by atoms with E-state index in [1.807, 2.05) is 0 Å². The molecule has 0 saturated heterocycles. The second kappa shape index (κ2) is 11.9. The van der Waals surface area contributed by atoms with Crippen molar-refractivity contribution in [1.29, 1.82) is 0 Å². The topological polar surface area (TPSA) is 218 Å². The molecule has 0 fully saturated rings. The third-order valence-electron chi connectivity index (χ3n) is 4.24. The van der Waals surface area contributed by atoms with Crippen LogP contribution in [-0.4, -0.2) is 76.1 Å². The maximum absolute atomic E-state index is 12.5. The molecule has 0 saturated carbocycles. The van der Waals surface area contributed by atoms with Crippen LogP contribution in [-0.2, 0) is 29.3 Å². The standard InChI is InChI=1S/C15H27N3O9S2/c1-3-7(2)11(13(21)17-9(15(23)24)6-10(19)20)18-14(22)12(28)8(16)4-5-29(25,26)27/h7-9,11-12,28H,3-6,16H2,1-2H3,(H,17,21)(H,18,22)(H,19,20)(H,23,24)(H,25,26,27)/t7-,8+,9+,11+,12-/m1/s1. The maximum Gasteiger partial charge on any atom is 0.326 e. The summed E-state index contributed by atoms with van der Waals surface area (Å²) in [5.74, 6) is -5.78. The molecule has 7 N–H and O–H groups in total. The molecule has 0 rings (SSSR count). The van der Waals surface area contributed by atoms with Crippen molar-refractivity contribution >= 4 is 46.5 Å². The summed E-state index contributed by atoms with van der Waals surface area (Å²) >= 11 is 4.06. The molecule has 0 aromatic heterocycles. The average molecular weight is 458 g/mol. The molecule has 29 heavy (non-hydrogen) atoms. The first-order chi connectivity index (χ1) is 13.2. The smallest absolute Gasteiger partial charge is 0.326 e. The Balaban J connectivity index is 5.22. The van der Waals surface area contributed by atoms with Gasteiger partial charge >= 0.3 is 11.9 Å². The van der Waals surface area contributed by atoms with Crippen LogP contribution in [0.1, 0.15) is 33.1 Å². The first-order valence-electron chi connectivity index (χ1n) is 8.69. The van der Waals surface area contributed by atoms with E-state index < -0.39 is 75.3 Å². The summed E-state index contributed by atoms with van der Waals surface area (Å²) in [7, 11) is -4.49. The van der Waals surface area contributed by atoms with E-state index in [1.54, 1.807) is 13.8 Å². The van der Waals surface area contributed by atoms with Gasteiger partial charge in [0.05, 0.1) is 16.5 Å². The van der Waals surface area contributed by atoms with Gasteiger partial charge in [0.25, 0.3) is 0 Å². The van der Waals surface area contributed by atoms with Crippen molar-refractivity contribution < 1.29 is 48.1 Å². The van der Waals surface area contributed by atoms with Crippen LogP contribution in [0.25, 0.3) is 0 Å². The van der Waals surface area contributed by atoms with Gasteiger partial charge in [-0.2, -0.15) is 12.6 Å². The number of rotatable bonds is 13. The Bertz CT molecular complexity index is 714. The van der Waals surface area contributed by atoms with Crippen LogP contribution in [0.4, 0.5) is 0 Å². The fourth-order valence-corrected chi connectivity index (χ4v) is 3.06. The molecule has 0 aromatic rings. The van der Waals surface area contributed by atoms with Crippen LogP contribution < -0.4 is 16.4 Å². The highest BCUT2D eigenvalue weighted by molar-refractivity contribution is 7.85. The van der Waals surface area contributed by atoms with Crippen molar-refractivity contribution in [2.24, 2.45) is 5.92 Å².